The van der Waals surface area contributed by atoms with Crippen LogP contribution in [0.2, 0.25) is 5.02 Å². The van der Waals surface area contributed by atoms with Crippen LogP contribution < -0.4 is 10.6 Å². The minimum atomic E-state index is -1.71. The van der Waals surface area contributed by atoms with E-state index in [2.05, 4.69) is 10.6 Å². The molecule has 0 bridgehead atoms. The summed E-state index contributed by atoms with van der Waals surface area (Å²) in [5.41, 5.74) is -0.268. The highest BCUT2D eigenvalue weighted by molar-refractivity contribution is 6.30. The molecule has 2 rings (SSSR count). The van der Waals surface area contributed by atoms with Gasteiger partial charge in [-0.1, -0.05) is 17.7 Å². The fourth-order valence-electron chi connectivity index (χ4n) is 1.88. The van der Waals surface area contributed by atoms with Crippen LogP contribution in [0.25, 0.3) is 0 Å². The van der Waals surface area contributed by atoms with E-state index in [-0.39, 0.29) is 13.1 Å². The molecule has 24 heavy (non-hydrogen) atoms. The van der Waals surface area contributed by atoms with E-state index >= 15 is 0 Å². The lowest BCUT2D eigenvalue weighted by Gasteiger charge is -2.08. The van der Waals surface area contributed by atoms with Gasteiger partial charge in [-0.05, 0) is 30.3 Å². The van der Waals surface area contributed by atoms with Crippen LogP contribution in [-0.4, -0.2) is 24.9 Å². The van der Waals surface area contributed by atoms with Crippen molar-refractivity contribution in [3.8, 4) is 0 Å². The SMILES string of the molecule is O=C(NCCNC(=O)c1ccc(F)c(F)c1F)c1cccc(Cl)c1. The summed E-state index contributed by atoms with van der Waals surface area (Å²) < 4.78 is 39.3. The standard InChI is InChI=1S/C16H12ClF3N2O2/c17-10-3-1-2-9(8-10)15(23)21-6-7-22-16(24)11-4-5-12(18)14(20)13(11)19/h1-5,8H,6-7H2,(H,21,23)(H,22,24). The maximum absolute atomic E-state index is 13.5. The zero-order valence-electron chi connectivity index (χ0n) is 12.2. The van der Waals surface area contributed by atoms with Crippen molar-refractivity contribution >= 4 is 23.4 Å². The normalized spacial score (nSPS) is 10.3. The summed E-state index contributed by atoms with van der Waals surface area (Å²) in [4.78, 5) is 23.5. The molecule has 0 saturated carbocycles. The van der Waals surface area contributed by atoms with Gasteiger partial charge >= 0.3 is 0 Å². The van der Waals surface area contributed by atoms with Crippen LogP contribution in [0.1, 0.15) is 20.7 Å². The number of rotatable bonds is 5. The molecule has 8 heteroatoms. The van der Waals surface area contributed by atoms with Crippen LogP contribution in [0.4, 0.5) is 13.2 Å². The summed E-state index contributed by atoms with van der Waals surface area (Å²) in [5, 5.41) is 5.23. The Morgan fingerprint density at radius 1 is 0.917 bits per heavy atom. The third kappa shape index (κ3) is 4.26. The number of hydrogen-bond acceptors (Lipinski definition) is 2. The summed E-state index contributed by atoms with van der Waals surface area (Å²) in [7, 11) is 0. The molecule has 0 spiro atoms. The zero-order chi connectivity index (χ0) is 17.7. The van der Waals surface area contributed by atoms with E-state index < -0.39 is 34.8 Å². The predicted molar refractivity (Wildman–Crippen MR) is 82.4 cm³/mol. The van der Waals surface area contributed by atoms with Gasteiger partial charge in [-0.3, -0.25) is 9.59 Å². The molecule has 0 radical (unpaired) electrons. The van der Waals surface area contributed by atoms with Gasteiger partial charge in [0, 0.05) is 23.7 Å². The van der Waals surface area contributed by atoms with Gasteiger partial charge in [-0.25, -0.2) is 13.2 Å². The van der Waals surface area contributed by atoms with Gasteiger partial charge in [0.05, 0.1) is 5.56 Å². The summed E-state index contributed by atoms with van der Waals surface area (Å²) in [5.74, 6) is -5.96. The molecule has 0 unspecified atom stereocenters. The Labute approximate surface area is 140 Å². The van der Waals surface area contributed by atoms with Gasteiger partial charge in [0.1, 0.15) is 0 Å². The van der Waals surface area contributed by atoms with Crippen molar-refractivity contribution in [2.75, 3.05) is 13.1 Å². The highest BCUT2D eigenvalue weighted by Crippen LogP contribution is 2.15. The van der Waals surface area contributed by atoms with E-state index in [0.29, 0.717) is 16.7 Å². The Morgan fingerprint density at radius 3 is 2.25 bits per heavy atom. The van der Waals surface area contributed by atoms with Gasteiger partial charge in [0.25, 0.3) is 11.8 Å². The van der Waals surface area contributed by atoms with E-state index in [1.807, 2.05) is 0 Å². The first kappa shape index (κ1) is 17.8. The number of halogens is 4. The highest BCUT2D eigenvalue weighted by Gasteiger charge is 2.18. The number of amides is 2. The first-order valence-electron chi connectivity index (χ1n) is 6.85. The van der Waals surface area contributed by atoms with Crippen LogP contribution in [-0.2, 0) is 0 Å². The third-order valence-corrected chi connectivity index (χ3v) is 3.30. The third-order valence-electron chi connectivity index (χ3n) is 3.06. The summed E-state index contributed by atoms with van der Waals surface area (Å²) in [6, 6.07) is 7.78. The van der Waals surface area contributed by atoms with Gasteiger partial charge in [-0.2, -0.15) is 0 Å². The number of carbonyl (C=O) groups is 2. The molecule has 0 aliphatic rings. The fraction of sp³-hybridized carbons (Fsp3) is 0.125. The van der Waals surface area contributed by atoms with Crippen LogP contribution in [0, 0.1) is 17.5 Å². The molecule has 2 N–H and O–H groups in total. The van der Waals surface area contributed by atoms with E-state index in [0.717, 1.165) is 6.07 Å². The lowest BCUT2D eigenvalue weighted by atomic mass is 10.2. The molecular weight excluding hydrogens is 345 g/mol. The zero-order valence-corrected chi connectivity index (χ0v) is 13.0. The summed E-state index contributed by atoms with van der Waals surface area (Å²) in [6.07, 6.45) is 0. The van der Waals surface area contributed by atoms with Crippen LogP contribution >= 0.6 is 11.6 Å². The fourth-order valence-corrected chi connectivity index (χ4v) is 2.07. The molecule has 0 aliphatic heterocycles. The predicted octanol–water partition coefficient (Wildman–Crippen LogP) is 2.92. The second-order valence-electron chi connectivity index (χ2n) is 4.75. The average molecular weight is 357 g/mol. The monoisotopic (exact) mass is 356 g/mol. The second kappa shape index (κ2) is 7.83. The molecule has 2 aromatic rings. The van der Waals surface area contributed by atoms with Crippen molar-refractivity contribution in [2.24, 2.45) is 0 Å². The largest absolute Gasteiger partial charge is 0.350 e. The maximum atomic E-state index is 13.5. The van der Waals surface area contributed by atoms with Gasteiger partial charge in [0.15, 0.2) is 17.5 Å². The summed E-state index contributed by atoms with van der Waals surface area (Å²) >= 11 is 5.77. The van der Waals surface area contributed by atoms with Crippen molar-refractivity contribution in [3.05, 3.63) is 70.0 Å². The Morgan fingerprint density at radius 2 is 1.58 bits per heavy atom. The molecule has 2 aromatic carbocycles. The number of carbonyl (C=O) groups excluding carboxylic acids is 2. The van der Waals surface area contributed by atoms with Crippen molar-refractivity contribution in [1.82, 2.24) is 10.6 Å². The first-order chi connectivity index (χ1) is 11.4. The second-order valence-corrected chi connectivity index (χ2v) is 5.18. The van der Waals surface area contributed by atoms with E-state index in [9.17, 15) is 22.8 Å². The van der Waals surface area contributed by atoms with Crippen molar-refractivity contribution in [1.29, 1.82) is 0 Å². The Kier molecular flexibility index (Phi) is 5.81. The number of hydrogen-bond donors (Lipinski definition) is 2. The quantitative estimate of drug-likeness (QED) is 0.639. The molecule has 0 fully saturated rings. The Balaban J connectivity index is 1.85. The first-order valence-corrected chi connectivity index (χ1v) is 7.23. The molecule has 2 amide bonds. The molecule has 0 saturated heterocycles. The van der Waals surface area contributed by atoms with Gasteiger partial charge < -0.3 is 10.6 Å². The van der Waals surface area contributed by atoms with Gasteiger partial charge in [0.2, 0.25) is 0 Å². The molecule has 4 nitrogen and oxygen atoms in total. The van der Waals surface area contributed by atoms with Crippen LogP contribution in [0.3, 0.4) is 0 Å². The van der Waals surface area contributed by atoms with E-state index in [4.69, 9.17) is 11.6 Å². The van der Waals surface area contributed by atoms with Crippen LogP contribution in [0.15, 0.2) is 36.4 Å². The Hall–Kier alpha value is -2.54. The number of benzene rings is 2. The molecule has 0 atom stereocenters. The molecule has 0 aliphatic carbocycles. The molecule has 0 heterocycles. The lowest BCUT2D eigenvalue weighted by Crippen LogP contribution is -2.35. The van der Waals surface area contributed by atoms with Crippen molar-refractivity contribution in [3.63, 3.8) is 0 Å². The average Bonchev–Trinajstić information content (AvgIpc) is 2.56. The number of nitrogens with one attached hydrogen (secondary N) is 2. The van der Waals surface area contributed by atoms with E-state index in [1.165, 1.54) is 6.07 Å². The summed E-state index contributed by atoms with van der Waals surface area (Å²) in [6.45, 7) is 0.0337. The van der Waals surface area contributed by atoms with Crippen molar-refractivity contribution < 1.29 is 22.8 Å². The topological polar surface area (TPSA) is 58.2 Å². The van der Waals surface area contributed by atoms with E-state index in [1.54, 1.807) is 18.2 Å². The van der Waals surface area contributed by atoms with Crippen LogP contribution in [0.5, 0.6) is 0 Å². The molecule has 126 valence electrons. The highest BCUT2D eigenvalue weighted by atomic mass is 35.5. The van der Waals surface area contributed by atoms with Gasteiger partial charge in [-0.15, -0.1) is 0 Å². The minimum Gasteiger partial charge on any atom is -0.350 e. The molecular formula is C16H12ClF3N2O2. The minimum absolute atomic E-state index is 0.0242. The lowest BCUT2D eigenvalue weighted by molar-refractivity contribution is 0.0924. The Bertz CT molecular complexity index is 784. The maximum Gasteiger partial charge on any atom is 0.254 e. The van der Waals surface area contributed by atoms with Crippen molar-refractivity contribution in [2.45, 2.75) is 0 Å². The molecule has 0 aromatic heterocycles. The smallest absolute Gasteiger partial charge is 0.254 e.